The summed E-state index contributed by atoms with van der Waals surface area (Å²) in [6.07, 6.45) is 0. The van der Waals surface area contributed by atoms with Crippen LogP contribution in [0.2, 0.25) is 0 Å². The van der Waals surface area contributed by atoms with E-state index < -0.39 is 15.8 Å². The Morgan fingerprint density at radius 1 is 1.33 bits per heavy atom. The van der Waals surface area contributed by atoms with Gasteiger partial charge in [0, 0.05) is 11.0 Å². The number of hydrogen-bond donors (Lipinski definition) is 1. The van der Waals surface area contributed by atoms with Gasteiger partial charge >= 0.3 is 0 Å². The van der Waals surface area contributed by atoms with Gasteiger partial charge in [0.2, 0.25) is 10.0 Å². The van der Waals surface area contributed by atoms with Gasteiger partial charge < -0.3 is 0 Å². The zero-order chi connectivity index (χ0) is 13.9. The lowest BCUT2D eigenvalue weighted by Gasteiger charge is -2.16. The monoisotopic (exact) mass is 337 g/mol. The van der Waals surface area contributed by atoms with E-state index in [4.69, 9.17) is 0 Å². The smallest absolute Gasteiger partial charge is 0.211 e. The summed E-state index contributed by atoms with van der Waals surface area (Å²) in [7, 11) is -3.60. The van der Waals surface area contributed by atoms with Crippen LogP contribution >= 0.6 is 15.9 Å². The van der Waals surface area contributed by atoms with Crippen LogP contribution in [0.5, 0.6) is 0 Å². The van der Waals surface area contributed by atoms with Crippen molar-refractivity contribution in [2.75, 3.05) is 6.54 Å². The van der Waals surface area contributed by atoms with Crippen LogP contribution in [-0.4, -0.2) is 15.0 Å². The number of nitrogens with one attached hydrogen (secondary N) is 1. The number of rotatable bonds is 5. The Labute approximate surface area is 116 Å². The lowest BCUT2D eigenvalue weighted by atomic mass is 9.99. The first-order chi connectivity index (χ1) is 8.24. The number of benzene rings is 1. The molecule has 0 bridgehead atoms. The fraction of sp³-hybridized carbons (Fsp3) is 0.500. The predicted octanol–water partition coefficient (Wildman–Crippen LogP) is 3.16. The van der Waals surface area contributed by atoms with E-state index >= 15 is 0 Å². The van der Waals surface area contributed by atoms with Gasteiger partial charge in [-0.05, 0) is 46.0 Å². The predicted molar refractivity (Wildman–Crippen MR) is 73.3 cm³/mol. The van der Waals surface area contributed by atoms with Crippen molar-refractivity contribution >= 4 is 26.0 Å². The molecule has 0 saturated heterocycles. The van der Waals surface area contributed by atoms with E-state index in [0.29, 0.717) is 12.5 Å². The van der Waals surface area contributed by atoms with Gasteiger partial charge in [0.25, 0.3) is 0 Å². The molecular formula is C12H17BrFNO2S. The average Bonchev–Trinajstić information content (AvgIpc) is 2.25. The van der Waals surface area contributed by atoms with Crippen molar-refractivity contribution in [3.05, 3.63) is 28.5 Å². The molecule has 1 N–H and O–H groups in total. The number of sulfonamides is 1. The fourth-order valence-corrected chi connectivity index (χ4v) is 3.44. The Kier molecular flexibility index (Phi) is 5.31. The maximum atomic E-state index is 12.9. The highest BCUT2D eigenvalue weighted by molar-refractivity contribution is 9.10. The standard InChI is InChI=1S/C12H17BrFNO2S/c1-8(2)9(3)7-15-18(16,17)12-5-4-10(14)6-11(12)13/h4-6,8-9,15H,7H2,1-3H3. The SMILES string of the molecule is CC(C)C(C)CNS(=O)(=O)c1ccc(F)cc1Br. The maximum Gasteiger partial charge on any atom is 0.241 e. The van der Waals surface area contributed by atoms with Gasteiger partial charge in [-0.2, -0.15) is 0 Å². The summed E-state index contributed by atoms with van der Waals surface area (Å²) in [5.74, 6) is 0.153. The summed E-state index contributed by atoms with van der Waals surface area (Å²) in [6.45, 7) is 6.41. The molecule has 1 unspecified atom stereocenters. The molecule has 1 rings (SSSR count). The lowest BCUT2D eigenvalue weighted by molar-refractivity contribution is 0.414. The Morgan fingerprint density at radius 2 is 1.94 bits per heavy atom. The molecule has 0 amide bonds. The van der Waals surface area contributed by atoms with E-state index in [-0.39, 0.29) is 15.3 Å². The van der Waals surface area contributed by atoms with Crippen molar-refractivity contribution in [3.8, 4) is 0 Å². The maximum absolute atomic E-state index is 12.9. The van der Waals surface area contributed by atoms with E-state index in [9.17, 15) is 12.8 Å². The summed E-state index contributed by atoms with van der Waals surface area (Å²) in [4.78, 5) is 0.0554. The summed E-state index contributed by atoms with van der Waals surface area (Å²) >= 11 is 3.06. The minimum atomic E-state index is -3.60. The second-order valence-electron chi connectivity index (χ2n) is 4.65. The topological polar surface area (TPSA) is 46.2 Å². The van der Waals surface area contributed by atoms with Gasteiger partial charge in [0.15, 0.2) is 0 Å². The van der Waals surface area contributed by atoms with Gasteiger partial charge in [-0.3, -0.25) is 0 Å². The minimum Gasteiger partial charge on any atom is -0.211 e. The van der Waals surface area contributed by atoms with Gasteiger partial charge in [0.05, 0.1) is 4.90 Å². The molecule has 18 heavy (non-hydrogen) atoms. The molecule has 0 aliphatic heterocycles. The van der Waals surface area contributed by atoms with Crippen LogP contribution in [0.15, 0.2) is 27.6 Å². The highest BCUT2D eigenvalue weighted by atomic mass is 79.9. The molecule has 0 heterocycles. The minimum absolute atomic E-state index is 0.0554. The molecule has 1 aromatic rings. The van der Waals surface area contributed by atoms with Crippen molar-refractivity contribution < 1.29 is 12.8 Å². The first-order valence-electron chi connectivity index (χ1n) is 5.68. The normalized spacial score (nSPS) is 13.9. The van der Waals surface area contributed by atoms with Crippen molar-refractivity contribution in [1.82, 2.24) is 4.72 Å². The Balaban J connectivity index is 2.87. The van der Waals surface area contributed by atoms with Crippen LogP contribution in [0, 0.1) is 17.7 Å². The first-order valence-corrected chi connectivity index (χ1v) is 7.96. The van der Waals surface area contributed by atoms with E-state index in [0.717, 1.165) is 12.1 Å². The van der Waals surface area contributed by atoms with E-state index in [1.807, 2.05) is 20.8 Å². The second kappa shape index (κ2) is 6.12. The molecule has 0 aliphatic rings. The summed E-state index contributed by atoms with van der Waals surface area (Å²) in [5.41, 5.74) is 0. The molecular weight excluding hydrogens is 321 g/mol. The van der Waals surface area contributed by atoms with Crippen molar-refractivity contribution in [3.63, 3.8) is 0 Å². The molecule has 0 aromatic heterocycles. The van der Waals surface area contributed by atoms with Gasteiger partial charge in [-0.15, -0.1) is 0 Å². The van der Waals surface area contributed by atoms with E-state index in [1.54, 1.807) is 0 Å². The van der Waals surface area contributed by atoms with E-state index in [1.165, 1.54) is 6.07 Å². The molecule has 3 nitrogen and oxygen atoms in total. The highest BCUT2D eigenvalue weighted by Gasteiger charge is 2.19. The summed E-state index contributed by atoms with van der Waals surface area (Å²) in [6, 6.07) is 3.52. The first kappa shape index (κ1) is 15.6. The molecule has 102 valence electrons. The van der Waals surface area contributed by atoms with Gasteiger partial charge in [-0.25, -0.2) is 17.5 Å². The molecule has 0 radical (unpaired) electrons. The average molecular weight is 338 g/mol. The highest BCUT2D eigenvalue weighted by Crippen LogP contribution is 2.22. The Hall–Kier alpha value is -0.460. The largest absolute Gasteiger partial charge is 0.241 e. The molecule has 1 aromatic carbocycles. The van der Waals surface area contributed by atoms with Gasteiger partial charge in [-0.1, -0.05) is 20.8 Å². The van der Waals surface area contributed by atoms with Crippen LogP contribution < -0.4 is 4.72 Å². The molecule has 0 saturated carbocycles. The van der Waals surface area contributed by atoms with Crippen LogP contribution in [0.3, 0.4) is 0 Å². The Morgan fingerprint density at radius 3 is 2.44 bits per heavy atom. The fourth-order valence-electron chi connectivity index (χ4n) is 1.25. The number of hydrogen-bond acceptors (Lipinski definition) is 2. The zero-order valence-corrected chi connectivity index (χ0v) is 13.0. The lowest BCUT2D eigenvalue weighted by Crippen LogP contribution is -2.30. The Bertz CT molecular complexity index is 517. The third-order valence-electron chi connectivity index (χ3n) is 2.92. The van der Waals surface area contributed by atoms with Crippen LogP contribution in [-0.2, 0) is 10.0 Å². The number of halogens is 2. The molecule has 0 aliphatic carbocycles. The second-order valence-corrected chi connectivity index (χ2v) is 7.24. The molecule has 6 heteroatoms. The summed E-state index contributed by atoms with van der Waals surface area (Å²) in [5, 5.41) is 0. The molecule has 0 spiro atoms. The van der Waals surface area contributed by atoms with Crippen LogP contribution in [0.25, 0.3) is 0 Å². The van der Waals surface area contributed by atoms with E-state index in [2.05, 4.69) is 20.7 Å². The third-order valence-corrected chi connectivity index (χ3v) is 5.32. The quantitative estimate of drug-likeness (QED) is 0.896. The molecule has 0 fully saturated rings. The zero-order valence-electron chi connectivity index (χ0n) is 10.6. The third kappa shape index (κ3) is 4.03. The molecule has 1 atom stereocenters. The van der Waals surface area contributed by atoms with Crippen LogP contribution in [0.1, 0.15) is 20.8 Å². The van der Waals surface area contributed by atoms with Crippen molar-refractivity contribution in [2.45, 2.75) is 25.7 Å². The van der Waals surface area contributed by atoms with Crippen LogP contribution in [0.4, 0.5) is 4.39 Å². The summed E-state index contributed by atoms with van der Waals surface area (Å²) < 4.78 is 39.7. The van der Waals surface area contributed by atoms with Crippen molar-refractivity contribution in [2.24, 2.45) is 11.8 Å². The van der Waals surface area contributed by atoms with Gasteiger partial charge in [0.1, 0.15) is 5.82 Å². The van der Waals surface area contributed by atoms with Crippen molar-refractivity contribution in [1.29, 1.82) is 0 Å².